The topological polar surface area (TPSA) is 4.44 Å². The van der Waals surface area contributed by atoms with Crippen LogP contribution in [-0.2, 0) is 21.7 Å². The molecule has 1 radical (unpaired) electrons. The van der Waals surface area contributed by atoms with Crippen LogP contribution in [0.15, 0.2) is 18.2 Å². The van der Waals surface area contributed by atoms with Gasteiger partial charge >= 0.3 is 21.7 Å². The van der Waals surface area contributed by atoms with E-state index < -0.39 is 0 Å². The molecule has 5 heteroatoms. The van der Waals surface area contributed by atoms with Crippen LogP contribution in [0.2, 0.25) is 0 Å². The van der Waals surface area contributed by atoms with Gasteiger partial charge in [0.25, 0.3) is 0 Å². The van der Waals surface area contributed by atoms with Crippen molar-refractivity contribution in [1.82, 2.24) is 0 Å². The monoisotopic (exact) mass is 278 g/mol. The maximum absolute atomic E-state index is 2.99. The molecule has 0 bridgehead atoms. The molecule has 0 fully saturated rings. The first-order valence-corrected chi connectivity index (χ1v) is 3.22. The molecule has 1 rings (SSSR count). The van der Waals surface area contributed by atoms with Crippen molar-refractivity contribution in [3.8, 4) is 0 Å². The summed E-state index contributed by atoms with van der Waals surface area (Å²) < 4.78 is 0. The van der Waals surface area contributed by atoms with Crippen molar-refractivity contribution in [3.05, 3.63) is 24.3 Å². The molecule has 1 nitrogen and oxygen atoms in total. The summed E-state index contributed by atoms with van der Waals surface area (Å²) in [4.78, 5) is 1.42. The van der Waals surface area contributed by atoms with E-state index >= 15 is 0 Å². The first kappa shape index (κ1) is 29.2. The maximum atomic E-state index is 2.99. The van der Waals surface area contributed by atoms with Gasteiger partial charge in [0.05, 0.1) is 21.1 Å². The zero-order chi connectivity index (χ0) is 7.11. The van der Waals surface area contributed by atoms with Crippen molar-refractivity contribution in [2.45, 2.75) is 6.42 Å². The SMILES string of the molecule is C[NH+](C)C.[C-]1=CC=CC1.[Cl-].[Cl-].[Cl-].[Ti+3]. The van der Waals surface area contributed by atoms with Gasteiger partial charge < -0.3 is 42.1 Å². The van der Waals surface area contributed by atoms with E-state index in [4.69, 9.17) is 0 Å². The van der Waals surface area contributed by atoms with Crippen molar-refractivity contribution in [1.29, 1.82) is 0 Å². The standard InChI is InChI=1S/C5H5.C3H9N.3ClH.Ti/c1-2-4-5-3-1;1-4(2)3;;;;/h1-3H,4H2;1-3H3;3*1H;/q-1;;;;;+3/p-2. The maximum Gasteiger partial charge on any atom is 3.00 e. The van der Waals surface area contributed by atoms with Gasteiger partial charge in [0.1, 0.15) is 0 Å². The largest absolute Gasteiger partial charge is 3.00 e. The Morgan fingerprint density at radius 2 is 1.46 bits per heavy atom. The Balaban J connectivity index is -0.0000000256. The van der Waals surface area contributed by atoms with E-state index in [9.17, 15) is 0 Å². The van der Waals surface area contributed by atoms with E-state index in [1.807, 2.05) is 12.2 Å². The van der Waals surface area contributed by atoms with Crippen molar-refractivity contribution in [3.63, 3.8) is 0 Å². The number of allylic oxidation sites excluding steroid dienone is 4. The van der Waals surface area contributed by atoms with Gasteiger partial charge in [-0.2, -0.15) is 6.08 Å². The summed E-state index contributed by atoms with van der Waals surface area (Å²) >= 11 is 0. The molecular formula is C8H15Cl3NTi. The third-order valence-corrected chi connectivity index (χ3v) is 0.586. The van der Waals surface area contributed by atoms with E-state index in [1.54, 1.807) is 0 Å². The third-order valence-electron chi connectivity index (χ3n) is 0.586. The fraction of sp³-hybridized carbons (Fsp3) is 0.500. The molecule has 0 spiro atoms. The Morgan fingerprint density at radius 3 is 1.54 bits per heavy atom. The molecular weight excluding hydrogens is 264 g/mol. The number of halogens is 3. The van der Waals surface area contributed by atoms with Crippen LogP contribution in [0.4, 0.5) is 0 Å². The molecule has 0 aromatic carbocycles. The molecule has 1 aliphatic rings. The molecule has 13 heavy (non-hydrogen) atoms. The molecule has 0 saturated heterocycles. The number of hydrogen-bond acceptors (Lipinski definition) is 0. The van der Waals surface area contributed by atoms with Crippen LogP contribution in [0, 0.1) is 6.08 Å². The van der Waals surface area contributed by atoms with E-state index in [0.29, 0.717) is 0 Å². The van der Waals surface area contributed by atoms with Gasteiger partial charge in [-0.1, -0.05) is 0 Å². The van der Waals surface area contributed by atoms with E-state index in [0.717, 1.165) is 6.42 Å². The predicted octanol–water partition coefficient (Wildman–Crippen LogP) is -8.92. The first-order valence-electron chi connectivity index (χ1n) is 3.22. The fourth-order valence-electron chi connectivity index (χ4n) is 0.340. The van der Waals surface area contributed by atoms with Crippen molar-refractivity contribution in [2.75, 3.05) is 21.1 Å². The molecule has 0 amide bonds. The zero-order valence-corrected chi connectivity index (χ0v) is 11.9. The Bertz CT molecular complexity index is 103. The molecule has 77 valence electrons. The minimum atomic E-state index is 0. The second-order valence-electron chi connectivity index (χ2n) is 2.50. The predicted molar refractivity (Wildman–Crippen MR) is 40.3 cm³/mol. The summed E-state index contributed by atoms with van der Waals surface area (Å²) in [5.41, 5.74) is 0. The smallest absolute Gasteiger partial charge is 1.00 e. The third kappa shape index (κ3) is 43.6. The van der Waals surface area contributed by atoms with E-state index in [1.165, 1.54) is 4.90 Å². The molecule has 0 aromatic rings. The fourth-order valence-corrected chi connectivity index (χ4v) is 0.340. The quantitative estimate of drug-likeness (QED) is 0.332. The van der Waals surface area contributed by atoms with Crippen LogP contribution in [0.1, 0.15) is 6.42 Å². The average molecular weight is 279 g/mol. The van der Waals surface area contributed by atoms with Crippen molar-refractivity contribution >= 4 is 0 Å². The number of quaternary nitrogens is 1. The summed E-state index contributed by atoms with van der Waals surface area (Å²) in [6.45, 7) is 0. The normalized spacial score (nSPS) is 9.54. The van der Waals surface area contributed by atoms with Gasteiger partial charge in [0.2, 0.25) is 0 Å². The molecule has 0 atom stereocenters. The van der Waals surface area contributed by atoms with Gasteiger partial charge in [-0.15, -0.1) is 6.42 Å². The molecule has 1 N–H and O–H groups in total. The summed E-state index contributed by atoms with van der Waals surface area (Å²) in [6.07, 6.45) is 10.0. The van der Waals surface area contributed by atoms with Crippen molar-refractivity contribution < 1.29 is 63.8 Å². The Morgan fingerprint density at radius 1 is 1.08 bits per heavy atom. The van der Waals surface area contributed by atoms with Crippen molar-refractivity contribution in [2.24, 2.45) is 0 Å². The zero-order valence-electron chi connectivity index (χ0n) is 8.07. The first-order chi connectivity index (χ1) is 4.23. The van der Waals surface area contributed by atoms with Crippen LogP contribution in [-0.4, -0.2) is 21.1 Å². The van der Waals surface area contributed by atoms with Crippen LogP contribution < -0.4 is 42.1 Å². The molecule has 0 heterocycles. The van der Waals surface area contributed by atoms with Crippen LogP contribution >= 0.6 is 0 Å². The van der Waals surface area contributed by atoms with Gasteiger partial charge in [0, 0.05) is 0 Å². The Hall–Kier alpha value is 1.02. The molecule has 1 aliphatic carbocycles. The Labute approximate surface area is 115 Å². The second-order valence-corrected chi connectivity index (χ2v) is 2.50. The van der Waals surface area contributed by atoms with E-state index in [2.05, 4.69) is 33.3 Å². The number of hydrogen-bond donors (Lipinski definition) is 1. The second kappa shape index (κ2) is 23.1. The van der Waals surface area contributed by atoms with Crippen LogP contribution in [0.5, 0.6) is 0 Å². The Kier molecular flexibility index (Phi) is 52.0. The summed E-state index contributed by atoms with van der Waals surface area (Å²) in [5.74, 6) is 0. The average Bonchev–Trinajstić information content (AvgIpc) is 2.11. The van der Waals surface area contributed by atoms with Gasteiger partial charge in [-0.3, -0.25) is 6.08 Å². The molecule has 0 saturated carbocycles. The van der Waals surface area contributed by atoms with Crippen LogP contribution in [0.25, 0.3) is 0 Å². The number of nitrogens with one attached hydrogen (secondary N) is 1. The van der Waals surface area contributed by atoms with E-state index in [-0.39, 0.29) is 58.9 Å². The van der Waals surface area contributed by atoms with Gasteiger partial charge in [-0.25, -0.2) is 12.2 Å². The van der Waals surface area contributed by atoms with Gasteiger partial charge in [-0.05, 0) is 0 Å². The summed E-state index contributed by atoms with van der Waals surface area (Å²) in [6, 6.07) is 0. The summed E-state index contributed by atoms with van der Waals surface area (Å²) in [5, 5.41) is 0. The minimum absolute atomic E-state index is 0. The molecule has 0 unspecified atom stereocenters. The molecule has 0 aromatic heterocycles. The summed E-state index contributed by atoms with van der Waals surface area (Å²) in [7, 11) is 6.25. The van der Waals surface area contributed by atoms with Gasteiger partial charge in [0.15, 0.2) is 0 Å². The van der Waals surface area contributed by atoms with Crippen LogP contribution in [0.3, 0.4) is 0 Å². The number of rotatable bonds is 0. The minimum Gasteiger partial charge on any atom is -1.00 e. The molecule has 0 aliphatic heterocycles.